The highest BCUT2D eigenvalue weighted by Gasteiger charge is 2.21. The SMILES string of the molecule is c1ccc(-c2ccc(N(c3ccc(-c4ccc5c(ccc6ccccc65)c4)cc3)c3cccc(-c4c5ccccc5cc5c4c4ccccc4n5-c4ccccc4)c3)cc2)cc1. The van der Waals surface area contributed by atoms with Crippen LogP contribution in [0.3, 0.4) is 0 Å². The zero-order chi connectivity index (χ0) is 41.0. The summed E-state index contributed by atoms with van der Waals surface area (Å²) in [5, 5.41) is 10.0. The van der Waals surface area contributed by atoms with Crippen LogP contribution in [-0.2, 0) is 0 Å². The van der Waals surface area contributed by atoms with E-state index in [1.165, 1.54) is 87.5 Å². The third kappa shape index (κ3) is 6.04. The van der Waals surface area contributed by atoms with Crippen LogP contribution < -0.4 is 4.90 Å². The molecule has 0 saturated carbocycles. The first-order chi connectivity index (χ1) is 30.7. The van der Waals surface area contributed by atoms with E-state index in [1.807, 2.05) is 0 Å². The van der Waals surface area contributed by atoms with E-state index in [1.54, 1.807) is 0 Å². The van der Waals surface area contributed by atoms with E-state index in [0.29, 0.717) is 0 Å². The van der Waals surface area contributed by atoms with Gasteiger partial charge in [-0.1, -0.05) is 176 Å². The number of aromatic nitrogens is 1. The number of rotatable bonds is 7. The second-order valence-corrected chi connectivity index (χ2v) is 16.1. The Bertz CT molecular complexity index is 3600. The molecule has 0 saturated heterocycles. The van der Waals surface area contributed by atoms with Crippen molar-refractivity contribution in [1.82, 2.24) is 4.57 Å². The fourth-order valence-electron chi connectivity index (χ4n) is 9.62. The largest absolute Gasteiger partial charge is 0.310 e. The van der Waals surface area contributed by atoms with Crippen molar-refractivity contribution in [2.24, 2.45) is 0 Å². The molecule has 2 heteroatoms. The van der Waals surface area contributed by atoms with E-state index in [9.17, 15) is 0 Å². The number of anilines is 3. The molecule has 0 aliphatic heterocycles. The van der Waals surface area contributed by atoms with Crippen LogP contribution in [0, 0.1) is 0 Å². The van der Waals surface area contributed by atoms with Crippen LogP contribution in [0.25, 0.3) is 93.2 Å². The zero-order valence-electron chi connectivity index (χ0n) is 34.0. The minimum Gasteiger partial charge on any atom is -0.310 e. The Labute approximate surface area is 360 Å². The average molecular weight is 789 g/mol. The van der Waals surface area contributed by atoms with Gasteiger partial charge in [0.1, 0.15) is 0 Å². The van der Waals surface area contributed by atoms with E-state index in [4.69, 9.17) is 0 Å². The van der Waals surface area contributed by atoms with Crippen LogP contribution in [0.15, 0.2) is 243 Å². The third-order valence-corrected chi connectivity index (χ3v) is 12.5. The van der Waals surface area contributed by atoms with Crippen molar-refractivity contribution < 1.29 is 0 Å². The van der Waals surface area contributed by atoms with Crippen LogP contribution in [0.4, 0.5) is 17.1 Å². The van der Waals surface area contributed by atoms with Crippen LogP contribution in [0.1, 0.15) is 0 Å². The lowest BCUT2D eigenvalue weighted by molar-refractivity contribution is 1.18. The van der Waals surface area contributed by atoms with Crippen molar-refractivity contribution in [3.05, 3.63) is 243 Å². The molecule has 0 bridgehead atoms. The summed E-state index contributed by atoms with van der Waals surface area (Å²) in [6.45, 7) is 0. The normalized spacial score (nSPS) is 11.5. The maximum absolute atomic E-state index is 2.42. The molecule has 0 spiro atoms. The highest BCUT2D eigenvalue weighted by atomic mass is 15.1. The maximum atomic E-state index is 2.42. The first-order valence-electron chi connectivity index (χ1n) is 21.3. The van der Waals surface area contributed by atoms with Gasteiger partial charge in [0, 0.05) is 33.5 Å². The average Bonchev–Trinajstić information content (AvgIpc) is 3.68. The first-order valence-corrected chi connectivity index (χ1v) is 21.3. The molecule has 2 nitrogen and oxygen atoms in total. The fourth-order valence-corrected chi connectivity index (χ4v) is 9.62. The van der Waals surface area contributed by atoms with Gasteiger partial charge in [0.25, 0.3) is 0 Å². The summed E-state index contributed by atoms with van der Waals surface area (Å²) >= 11 is 0. The Hall–Kier alpha value is -8.20. The van der Waals surface area contributed by atoms with E-state index in [2.05, 4.69) is 252 Å². The molecule has 0 amide bonds. The molecule has 0 aliphatic rings. The minimum atomic E-state index is 1.09. The van der Waals surface area contributed by atoms with Gasteiger partial charge in [-0.3, -0.25) is 0 Å². The lowest BCUT2D eigenvalue weighted by atomic mass is 9.92. The molecule has 1 heterocycles. The van der Waals surface area contributed by atoms with Gasteiger partial charge in [-0.2, -0.15) is 0 Å². The van der Waals surface area contributed by atoms with Crippen LogP contribution in [0.2, 0.25) is 0 Å². The summed E-state index contributed by atoms with van der Waals surface area (Å²) in [4.78, 5) is 2.39. The molecule has 12 rings (SSSR count). The molecule has 1 aromatic heterocycles. The van der Waals surface area contributed by atoms with Crippen LogP contribution in [0.5, 0.6) is 0 Å². The Morgan fingerprint density at radius 1 is 0.274 bits per heavy atom. The highest BCUT2D eigenvalue weighted by Crippen LogP contribution is 2.45. The monoisotopic (exact) mass is 788 g/mol. The lowest BCUT2D eigenvalue weighted by Crippen LogP contribution is -2.10. The van der Waals surface area contributed by atoms with Gasteiger partial charge in [0.15, 0.2) is 0 Å². The number of nitrogens with zero attached hydrogens (tertiary/aromatic N) is 2. The van der Waals surface area contributed by atoms with Gasteiger partial charge in [-0.25, -0.2) is 0 Å². The summed E-state index contributed by atoms with van der Waals surface area (Å²) in [6, 6.07) is 88.5. The van der Waals surface area contributed by atoms with E-state index < -0.39 is 0 Å². The predicted molar refractivity (Wildman–Crippen MR) is 264 cm³/mol. The zero-order valence-corrected chi connectivity index (χ0v) is 34.0. The Morgan fingerprint density at radius 2 is 0.806 bits per heavy atom. The van der Waals surface area contributed by atoms with Gasteiger partial charge in [0.2, 0.25) is 0 Å². The maximum Gasteiger partial charge on any atom is 0.0553 e. The predicted octanol–water partition coefficient (Wildman–Crippen LogP) is 16.7. The van der Waals surface area contributed by atoms with Crippen LogP contribution >= 0.6 is 0 Å². The molecule has 0 aliphatic carbocycles. The molecule has 290 valence electrons. The Kier molecular flexibility index (Phi) is 8.53. The van der Waals surface area contributed by atoms with E-state index >= 15 is 0 Å². The van der Waals surface area contributed by atoms with E-state index in [0.717, 1.165) is 22.7 Å². The first kappa shape index (κ1) is 35.7. The van der Waals surface area contributed by atoms with Crippen molar-refractivity contribution in [3.8, 4) is 39.1 Å². The molecular weight excluding hydrogens is 749 g/mol. The third-order valence-electron chi connectivity index (χ3n) is 12.5. The minimum absolute atomic E-state index is 1.09. The van der Waals surface area contributed by atoms with Crippen molar-refractivity contribution in [3.63, 3.8) is 0 Å². The molecule has 0 atom stereocenters. The van der Waals surface area contributed by atoms with Gasteiger partial charge in [0.05, 0.1) is 11.0 Å². The van der Waals surface area contributed by atoms with Crippen LogP contribution in [-0.4, -0.2) is 4.57 Å². The molecular formula is C60H40N2. The number of hydrogen-bond acceptors (Lipinski definition) is 1. The number of benzene rings is 11. The highest BCUT2D eigenvalue weighted by molar-refractivity contribution is 6.23. The quantitative estimate of drug-likeness (QED) is 0.146. The van der Waals surface area contributed by atoms with Gasteiger partial charge >= 0.3 is 0 Å². The summed E-state index contributed by atoms with van der Waals surface area (Å²) < 4.78 is 2.42. The fraction of sp³-hybridized carbons (Fsp3) is 0. The van der Waals surface area contributed by atoms with Gasteiger partial charge < -0.3 is 9.47 Å². The van der Waals surface area contributed by atoms with Crippen molar-refractivity contribution >= 4 is 71.2 Å². The second-order valence-electron chi connectivity index (χ2n) is 16.1. The molecule has 0 fully saturated rings. The molecule has 12 aromatic rings. The topological polar surface area (TPSA) is 8.17 Å². The van der Waals surface area contributed by atoms with Gasteiger partial charge in [-0.05, 0) is 132 Å². The molecule has 11 aromatic carbocycles. The smallest absolute Gasteiger partial charge is 0.0553 e. The Morgan fingerprint density at radius 3 is 1.56 bits per heavy atom. The van der Waals surface area contributed by atoms with E-state index in [-0.39, 0.29) is 0 Å². The Balaban J connectivity index is 1.02. The molecule has 0 unspecified atom stereocenters. The van der Waals surface area contributed by atoms with Crippen molar-refractivity contribution in [2.75, 3.05) is 4.90 Å². The van der Waals surface area contributed by atoms with Crippen molar-refractivity contribution in [2.45, 2.75) is 0 Å². The standard InChI is InChI=1S/C60H40N2/c1-3-14-41(15-4-1)42-28-33-50(34-29-42)61(51-35-30-43(31-36-51)45-32-37-54-47(38-45)27-26-44-16-7-9-22-53(44)54)52-21-13-18-48(39-52)59-55-23-10-8-17-46(55)40-58-60(59)56-24-11-12-25-57(56)62(58)49-19-5-2-6-20-49/h1-40H. The molecule has 0 radical (unpaired) electrons. The molecule has 0 N–H and O–H groups in total. The molecule has 62 heavy (non-hydrogen) atoms. The summed E-state index contributed by atoms with van der Waals surface area (Å²) in [6.07, 6.45) is 0. The van der Waals surface area contributed by atoms with Crippen molar-refractivity contribution in [1.29, 1.82) is 0 Å². The number of para-hydroxylation sites is 2. The summed E-state index contributed by atoms with van der Waals surface area (Å²) in [5.41, 5.74) is 14.0. The lowest BCUT2D eigenvalue weighted by Gasteiger charge is -2.27. The number of hydrogen-bond donors (Lipinski definition) is 0. The summed E-state index contributed by atoms with van der Waals surface area (Å²) in [5.74, 6) is 0. The van der Waals surface area contributed by atoms with Gasteiger partial charge in [-0.15, -0.1) is 0 Å². The summed E-state index contributed by atoms with van der Waals surface area (Å²) in [7, 11) is 0. The second kappa shape index (κ2) is 14.8. The number of fused-ring (bicyclic) bond motifs is 7.